The number of fused-ring (bicyclic) bond motifs is 1. The second-order valence-corrected chi connectivity index (χ2v) is 7.28. The first-order valence-electron chi connectivity index (χ1n) is 7.70. The Morgan fingerprint density at radius 1 is 1.00 bits per heavy atom. The fourth-order valence-corrected chi connectivity index (χ4v) is 2.90. The Hall–Kier alpha value is -1.59. The zero-order valence-electron chi connectivity index (χ0n) is 12.9. The Bertz CT molecular complexity index is 693. The molecule has 2 aromatic carbocycles. The summed E-state index contributed by atoms with van der Waals surface area (Å²) >= 11 is 0. The van der Waals surface area contributed by atoms with E-state index in [0.29, 0.717) is 13.2 Å². The first-order chi connectivity index (χ1) is 10.6. The standard InChI is InChI=1S/C17H23NO3S/c1-2-22(19,20)18-13-6-3-7-14-21-17-12-8-10-15-9-4-5-11-16(15)17/h4-5,8-12,18H,2-3,6-7,13-14H2,1H3. The Balaban J connectivity index is 1.71. The van der Waals surface area contributed by atoms with Gasteiger partial charge >= 0.3 is 0 Å². The number of hydrogen-bond acceptors (Lipinski definition) is 3. The highest BCUT2D eigenvalue weighted by Crippen LogP contribution is 2.25. The molecule has 0 aliphatic carbocycles. The molecule has 2 rings (SSSR count). The molecule has 22 heavy (non-hydrogen) atoms. The van der Waals surface area contributed by atoms with Crippen molar-refractivity contribution >= 4 is 20.8 Å². The maximum Gasteiger partial charge on any atom is 0.211 e. The van der Waals surface area contributed by atoms with Crippen LogP contribution in [0, 0.1) is 0 Å². The third-order valence-electron chi connectivity index (χ3n) is 3.53. The Morgan fingerprint density at radius 2 is 1.77 bits per heavy atom. The number of nitrogens with one attached hydrogen (secondary N) is 1. The third-order valence-corrected chi connectivity index (χ3v) is 4.93. The Labute approximate surface area is 132 Å². The van der Waals surface area contributed by atoms with Crippen molar-refractivity contribution in [3.05, 3.63) is 42.5 Å². The number of hydrogen-bond donors (Lipinski definition) is 1. The van der Waals surface area contributed by atoms with Crippen LogP contribution in [0.3, 0.4) is 0 Å². The summed E-state index contributed by atoms with van der Waals surface area (Å²) in [6.45, 7) is 2.79. The van der Waals surface area contributed by atoms with E-state index in [4.69, 9.17) is 4.74 Å². The van der Waals surface area contributed by atoms with Gasteiger partial charge in [-0.3, -0.25) is 0 Å². The molecule has 1 N–H and O–H groups in total. The first-order valence-corrected chi connectivity index (χ1v) is 9.35. The predicted molar refractivity (Wildman–Crippen MR) is 90.8 cm³/mol. The highest BCUT2D eigenvalue weighted by molar-refractivity contribution is 7.89. The molecule has 0 fully saturated rings. The average molecular weight is 321 g/mol. The van der Waals surface area contributed by atoms with Crippen molar-refractivity contribution in [2.75, 3.05) is 18.9 Å². The van der Waals surface area contributed by atoms with Crippen molar-refractivity contribution in [2.24, 2.45) is 0 Å². The maximum absolute atomic E-state index is 11.3. The average Bonchev–Trinajstić information content (AvgIpc) is 2.54. The van der Waals surface area contributed by atoms with E-state index in [1.165, 1.54) is 5.39 Å². The van der Waals surface area contributed by atoms with E-state index in [0.717, 1.165) is 30.4 Å². The molecular weight excluding hydrogens is 298 g/mol. The lowest BCUT2D eigenvalue weighted by Gasteiger charge is -2.09. The number of ether oxygens (including phenoxy) is 1. The van der Waals surface area contributed by atoms with E-state index < -0.39 is 10.0 Å². The van der Waals surface area contributed by atoms with Crippen molar-refractivity contribution in [3.63, 3.8) is 0 Å². The minimum absolute atomic E-state index is 0.136. The van der Waals surface area contributed by atoms with E-state index in [1.54, 1.807) is 6.92 Å². The lowest BCUT2D eigenvalue weighted by molar-refractivity contribution is 0.309. The Morgan fingerprint density at radius 3 is 2.59 bits per heavy atom. The third kappa shape index (κ3) is 5.00. The van der Waals surface area contributed by atoms with Crippen LogP contribution < -0.4 is 9.46 Å². The van der Waals surface area contributed by atoms with Gasteiger partial charge in [0.25, 0.3) is 0 Å². The van der Waals surface area contributed by atoms with E-state index in [-0.39, 0.29) is 5.75 Å². The molecular formula is C17H23NO3S. The summed E-state index contributed by atoms with van der Waals surface area (Å²) in [5.74, 6) is 1.04. The second kappa shape index (κ2) is 8.15. The van der Waals surface area contributed by atoms with Crippen molar-refractivity contribution in [2.45, 2.75) is 26.2 Å². The lowest BCUT2D eigenvalue weighted by atomic mass is 10.1. The zero-order valence-corrected chi connectivity index (χ0v) is 13.7. The molecule has 0 atom stereocenters. The van der Waals surface area contributed by atoms with Gasteiger partial charge in [-0.25, -0.2) is 13.1 Å². The smallest absolute Gasteiger partial charge is 0.211 e. The van der Waals surface area contributed by atoms with E-state index in [1.807, 2.05) is 24.3 Å². The van der Waals surface area contributed by atoms with Crippen LogP contribution in [0.25, 0.3) is 10.8 Å². The fourth-order valence-electron chi connectivity index (χ4n) is 2.24. The molecule has 0 saturated carbocycles. The molecule has 0 bridgehead atoms. The van der Waals surface area contributed by atoms with Crippen LogP contribution in [-0.4, -0.2) is 27.3 Å². The van der Waals surface area contributed by atoms with Gasteiger partial charge in [0.05, 0.1) is 12.4 Å². The van der Waals surface area contributed by atoms with Crippen LogP contribution >= 0.6 is 0 Å². The van der Waals surface area contributed by atoms with E-state index >= 15 is 0 Å². The van der Waals surface area contributed by atoms with Crippen molar-refractivity contribution in [1.82, 2.24) is 4.72 Å². The molecule has 0 aliphatic rings. The van der Waals surface area contributed by atoms with E-state index in [2.05, 4.69) is 22.9 Å². The van der Waals surface area contributed by atoms with Gasteiger partial charge in [0, 0.05) is 11.9 Å². The molecule has 0 amide bonds. The van der Waals surface area contributed by atoms with Crippen LogP contribution in [0.4, 0.5) is 0 Å². The van der Waals surface area contributed by atoms with Gasteiger partial charge in [-0.05, 0) is 37.6 Å². The number of unbranched alkanes of at least 4 members (excludes halogenated alkanes) is 2. The molecule has 0 radical (unpaired) electrons. The zero-order chi connectivity index (χ0) is 15.8. The molecule has 0 aromatic heterocycles. The molecule has 0 saturated heterocycles. The SMILES string of the molecule is CCS(=O)(=O)NCCCCCOc1cccc2ccccc12. The summed E-state index contributed by atoms with van der Waals surface area (Å²) in [4.78, 5) is 0. The quantitative estimate of drug-likeness (QED) is 0.721. The molecule has 0 aliphatic heterocycles. The van der Waals surface area contributed by atoms with Crippen LogP contribution in [0.5, 0.6) is 5.75 Å². The number of benzene rings is 2. The van der Waals surface area contributed by atoms with Gasteiger partial charge in [-0.1, -0.05) is 36.4 Å². The second-order valence-electron chi connectivity index (χ2n) is 5.18. The van der Waals surface area contributed by atoms with Crippen LogP contribution in [0.2, 0.25) is 0 Å². The molecule has 4 nitrogen and oxygen atoms in total. The fraction of sp³-hybridized carbons (Fsp3) is 0.412. The van der Waals surface area contributed by atoms with Crippen LogP contribution in [-0.2, 0) is 10.0 Å². The summed E-state index contributed by atoms with van der Waals surface area (Å²) in [5.41, 5.74) is 0. The minimum atomic E-state index is -3.06. The molecule has 0 heterocycles. The summed E-state index contributed by atoms with van der Waals surface area (Å²) in [7, 11) is -3.06. The van der Waals surface area contributed by atoms with Gasteiger partial charge in [0.15, 0.2) is 0 Å². The minimum Gasteiger partial charge on any atom is -0.493 e. The van der Waals surface area contributed by atoms with Crippen molar-refractivity contribution < 1.29 is 13.2 Å². The highest BCUT2D eigenvalue weighted by Gasteiger charge is 2.04. The van der Waals surface area contributed by atoms with Gasteiger partial charge in [0.2, 0.25) is 10.0 Å². The van der Waals surface area contributed by atoms with Gasteiger partial charge in [0.1, 0.15) is 5.75 Å². The highest BCUT2D eigenvalue weighted by atomic mass is 32.2. The maximum atomic E-state index is 11.3. The van der Waals surface area contributed by atoms with Crippen LogP contribution in [0.1, 0.15) is 26.2 Å². The summed E-state index contributed by atoms with van der Waals surface area (Å²) in [6, 6.07) is 14.2. The van der Waals surface area contributed by atoms with Crippen molar-refractivity contribution in [3.8, 4) is 5.75 Å². The van der Waals surface area contributed by atoms with Crippen molar-refractivity contribution in [1.29, 1.82) is 0 Å². The van der Waals surface area contributed by atoms with E-state index in [9.17, 15) is 8.42 Å². The summed E-state index contributed by atoms with van der Waals surface area (Å²) < 4.78 is 30.9. The predicted octanol–water partition coefficient (Wildman–Crippen LogP) is 3.33. The molecule has 120 valence electrons. The molecule has 0 spiro atoms. The Kier molecular flexibility index (Phi) is 6.21. The molecule has 0 unspecified atom stereocenters. The topological polar surface area (TPSA) is 55.4 Å². The van der Waals surface area contributed by atoms with Crippen LogP contribution in [0.15, 0.2) is 42.5 Å². The molecule has 2 aromatic rings. The monoisotopic (exact) mass is 321 g/mol. The first kappa shape index (κ1) is 16.8. The molecule has 5 heteroatoms. The number of rotatable bonds is 9. The number of sulfonamides is 1. The van der Waals surface area contributed by atoms with Gasteiger partial charge < -0.3 is 4.74 Å². The van der Waals surface area contributed by atoms with Gasteiger partial charge in [-0.15, -0.1) is 0 Å². The summed E-state index contributed by atoms with van der Waals surface area (Å²) in [5, 5.41) is 2.30. The summed E-state index contributed by atoms with van der Waals surface area (Å²) in [6.07, 6.45) is 2.69. The largest absolute Gasteiger partial charge is 0.493 e. The van der Waals surface area contributed by atoms with Gasteiger partial charge in [-0.2, -0.15) is 0 Å². The normalized spacial score (nSPS) is 11.7. The lowest BCUT2D eigenvalue weighted by Crippen LogP contribution is -2.26.